The average Bonchev–Trinajstić information content (AvgIpc) is 2.39. The largest absolute Gasteiger partial charge is 0.0710 e. The number of allylic oxidation sites excluding steroid dienone is 2. The standard InChI is InChI=1S/C11H20/c1-3-6-10-8-5-9-11(10)7-4-2/h3-9H2,1-2H3. The first kappa shape index (κ1) is 8.83. The van der Waals surface area contributed by atoms with Crippen molar-refractivity contribution in [3.05, 3.63) is 11.1 Å². The third-order valence-electron chi connectivity index (χ3n) is 2.56. The summed E-state index contributed by atoms with van der Waals surface area (Å²) in [5.74, 6) is 0. The van der Waals surface area contributed by atoms with Crippen LogP contribution in [0.4, 0.5) is 0 Å². The van der Waals surface area contributed by atoms with Crippen LogP contribution < -0.4 is 0 Å². The smallest absolute Gasteiger partial charge is 0.0315 e. The Morgan fingerprint density at radius 2 is 1.36 bits per heavy atom. The van der Waals surface area contributed by atoms with Crippen molar-refractivity contribution in [2.75, 3.05) is 0 Å². The van der Waals surface area contributed by atoms with E-state index in [9.17, 15) is 0 Å². The third-order valence-corrected chi connectivity index (χ3v) is 2.56. The van der Waals surface area contributed by atoms with Gasteiger partial charge in [0.25, 0.3) is 0 Å². The van der Waals surface area contributed by atoms with Crippen molar-refractivity contribution in [3.8, 4) is 0 Å². The molecule has 0 spiro atoms. The summed E-state index contributed by atoms with van der Waals surface area (Å²) in [5.41, 5.74) is 3.60. The second kappa shape index (κ2) is 4.58. The zero-order valence-electron chi connectivity index (χ0n) is 7.95. The summed E-state index contributed by atoms with van der Waals surface area (Å²) in [7, 11) is 0. The predicted octanol–water partition coefficient (Wildman–Crippen LogP) is 4.07. The van der Waals surface area contributed by atoms with E-state index >= 15 is 0 Å². The molecule has 0 amide bonds. The van der Waals surface area contributed by atoms with E-state index in [0.717, 1.165) is 0 Å². The molecule has 0 bridgehead atoms. The van der Waals surface area contributed by atoms with E-state index in [1.54, 1.807) is 11.1 Å². The number of rotatable bonds is 4. The molecule has 0 heterocycles. The van der Waals surface area contributed by atoms with Gasteiger partial charge in [0.1, 0.15) is 0 Å². The van der Waals surface area contributed by atoms with Crippen molar-refractivity contribution in [1.29, 1.82) is 0 Å². The normalized spacial score (nSPS) is 18.0. The van der Waals surface area contributed by atoms with Crippen LogP contribution in [0.3, 0.4) is 0 Å². The first-order chi connectivity index (χ1) is 5.38. The molecule has 0 saturated heterocycles. The maximum Gasteiger partial charge on any atom is -0.0315 e. The average molecular weight is 152 g/mol. The van der Waals surface area contributed by atoms with Crippen molar-refractivity contribution < 1.29 is 0 Å². The highest BCUT2D eigenvalue weighted by atomic mass is 14.2. The van der Waals surface area contributed by atoms with Crippen molar-refractivity contribution in [3.63, 3.8) is 0 Å². The van der Waals surface area contributed by atoms with E-state index in [1.807, 2.05) is 0 Å². The number of hydrogen-bond acceptors (Lipinski definition) is 0. The van der Waals surface area contributed by atoms with Crippen molar-refractivity contribution in [1.82, 2.24) is 0 Å². The fraction of sp³-hybridized carbons (Fsp3) is 0.818. The topological polar surface area (TPSA) is 0 Å². The molecule has 0 unspecified atom stereocenters. The Bertz CT molecular complexity index is 126. The van der Waals surface area contributed by atoms with Crippen LogP contribution in [0, 0.1) is 0 Å². The summed E-state index contributed by atoms with van der Waals surface area (Å²) in [5, 5.41) is 0. The Kier molecular flexibility index (Phi) is 3.68. The second-order valence-electron chi connectivity index (χ2n) is 3.56. The number of hydrogen-bond donors (Lipinski definition) is 0. The van der Waals surface area contributed by atoms with Gasteiger partial charge in [-0.05, 0) is 32.1 Å². The van der Waals surface area contributed by atoms with E-state index in [1.165, 1.54) is 44.9 Å². The monoisotopic (exact) mass is 152 g/mol. The molecule has 1 rings (SSSR count). The van der Waals surface area contributed by atoms with Gasteiger partial charge in [-0.25, -0.2) is 0 Å². The minimum Gasteiger partial charge on any atom is -0.0710 e. The van der Waals surface area contributed by atoms with Crippen LogP contribution in [-0.2, 0) is 0 Å². The molecule has 1 aliphatic carbocycles. The van der Waals surface area contributed by atoms with Gasteiger partial charge in [0.15, 0.2) is 0 Å². The summed E-state index contributed by atoms with van der Waals surface area (Å²) in [6, 6.07) is 0. The van der Waals surface area contributed by atoms with Crippen molar-refractivity contribution >= 4 is 0 Å². The maximum absolute atomic E-state index is 2.29. The lowest BCUT2D eigenvalue weighted by molar-refractivity contribution is 0.827. The lowest BCUT2D eigenvalue weighted by atomic mass is 10.0. The lowest BCUT2D eigenvalue weighted by Crippen LogP contribution is -1.83. The van der Waals surface area contributed by atoms with Crippen LogP contribution in [0.5, 0.6) is 0 Å². The van der Waals surface area contributed by atoms with E-state index in [-0.39, 0.29) is 0 Å². The van der Waals surface area contributed by atoms with Crippen LogP contribution in [0.2, 0.25) is 0 Å². The molecule has 0 aromatic heterocycles. The third kappa shape index (κ3) is 2.36. The van der Waals surface area contributed by atoms with E-state index in [0.29, 0.717) is 0 Å². The van der Waals surface area contributed by atoms with Gasteiger partial charge >= 0.3 is 0 Å². The fourth-order valence-electron chi connectivity index (χ4n) is 2.08. The molecule has 0 nitrogen and oxygen atoms in total. The Morgan fingerprint density at radius 1 is 0.909 bits per heavy atom. The molecule has 1 aliphatic rings. The summed E-state index contributed by atoms with van der Waals surface area (Å²) < 4.78 is 0. The first-order valence-electron chi connectivity index (χ1n) is 5.08. The molecule has 0 aliphatic heterocycles. The Labute approximate surface area is 70.7 Å². The van der Waals surface area contributed by atoms with Crippen LogP contribution in [0.1, 0.15) is 58.8 Å². The molecule has 0 radical (unpaired) electrons. The van der Waals surface area contributed by atoms with Crippen LogP contribution in [0.15, 0.2) is 11.1 Å². The Morgan fingerprint density at radius 3 is 1.73 bits per heavy atom. The first-order valence-corrected chi connectivity index (χ1v) is 5.08. The maximum atomic E-state index is 2.29. The molecule has 11 heavy (non-hydrogen) atoms. The fourth-order valence-corrected chi connectivity index (χ4v) is 2.08. The van der Waals surface area contributed by atoms with Gasteiger partial charge in [0.05, 0.1) is 0 Å². The summed E-state index contributed by atoms with van der Waals surface area (Å²) in [6.07, 6.45) is 9.66. The van der Waals surface area contributed by atoms with Crippen LogP contribution in [0.25, 0.3) is 0 Å². The molecule has 0 saturated carbocycles. The van der Waals surface area contributed by atoms with Gasteiger partial charge in [0.2, 0.25) is 0 Å². The highest BCUT2D eigenvalue weighted by Crippen LogP contribution is 2.31. The summed E-state index contributed by atoms with van der Waals surface area (Å²) in [6.45, 7) is 4.57. The van der Waals surface area contributed by atoms with E-state index in [2.05, 4.69) is 13.8 Å². The minimum absolute atomic E-state index is 1.34. The van der Waals surface area contributed by atoms with E-state index in [4.69, 9.17) is 0 Å². The molecule has 0 N–H and O–H groups in total. The minimum atomic E-state index is 1.34. The van der Waals surface area contributed by atoms with Crippen LogP contribution in [-0.4, -0.2) is 0 Å². The summed E-state index contributed by atoms with van der Waals surface area (Å²) >= 11 is 0. The molecule has 0 heteroatoms. The molecule has 0 aromatic carbocycles. The van der Waals surface area contributed by atoms with Gasteiger partial charge in [-0.15, -0.1) is 0 Å². The van der Waals surface area contributed by atoms with Crippen molar-refractivity contribution in [2.45, 2.75) is 58.8 Å². The Balaban J connectivity index is 2.47. The highest BCUT2D eigenvalue weighted by molar-refractivity contribution is 5.19. The van der Waals surface area contributed by atoms with Gasteiger partial charge < -0.3 is 0 Å². The molecule has 0 atom stereocenters. The highest BCUT2D eigenvalue weighted by Gasteiger charge is 2.11. The SMILES string of the molecule is CCCC1=C(CCC)CCC1. The quantitative estimate of drug-likeness (QED) is 0.533. The summed E-state index contributed by atoms with van der Waals surface area (Å²) in [4.78, 5) is 0. The molecular weight excluding hydrogens is 132 g/mol. The van der Waals surface area contributed by atoms with Gasteiger partial charge in [-0.2, -0.15) is 0 Å². The zero-order chi connectivity index (χ0) is 8.10. The van der Waals surface area contributed by atoms with Gasteiger partial charge in [-0.3, -0.25) is 0 Å². The molecule has 0 aromatic rings. The van der Waals surface area contributed by atoms with Crippen LogP contribution >= 0.6 is 0 Å². The van der Waals surface area contributed by atoms with Gasteiger partial charge in [0, 0.05) is 0 Å². The lowest BCUT2D eigenvalue weighted by Gasteiger charge is -2.03. The second-order valence-corrected chi connectivity index (χ2v) is 3.56. The molecular formula is C11H20. The van der Waals surface area contributed by atoms with E-state index < -0.39 is 0 Å². The van der Waals surface area contributed by atoms with Gasteiger partial charge in [-0.1, -0.05) is 37.8 Å². The Hall–Kier alpha value is -0.260. The predicted molar refractivity (Wildman–Crippen MR) is 50.7 cm³/mol. The molecule has 0 fully saturated rings. The van der Waals surface area contributed by atoms with Crippen molar-refractivity contribution in [2.24, 2.45) is 0 Å². The molecule has 64 valence electrons. The zero-order valence-corrected chi connectivity index (χ0v) is 7.95.